The minimum atomic E-state index is -1.08. The lowest BCUT2D eigenvalue weighted by Gasteiger charge is -2.14. The molecule has 4 N–H and O–H groups in total. The molecule has 0 aliphatic heterocycles. The summed E-state index contributed by atoms with van der Waals surface area (Å²) in [5, 5.41) is 17.8. The quantitative estimate of drug-likeness (QED) is 0.639. The maximum Gasteiger partial charge on any atom is 0.354 e. The summed E-state index contributed by atoms with van der Waals surface area (Å²) < 4.78 is 0. The molecule has 0 spiro atoms. The molecule has 0 fully saturated rings. The molecule has 1 rings (SSSR count). The van der Waals surface area contributed by atoms with Crippen molar-refractivity contribution >= 4 is 5.97 Å². The van der Waals surface area contributed by atoms with Crippen LogP contribution < -0.4 is 5.73 Å². The normalized spacial score (nSPS) is 14.8. The van der Waals surface area contributed by atoms with Gasteiger partial charge in [-0.25, -0.2) is 9.78 Å². The highest BCUT2D eigenvalue weighted by atomic mass is 16.4. The zero-order chi connectivity index (χ0) is 10.7. The van der Waals surface area contributed by atoms with Gasteiger partial charge in [-0.3, -0.25) is 0 Å². The summed E-state index contributed by atoms with van der Waals surface area (Å²) in [4.78, 5) is 14.2. The van der Waals surface area contributed by atoms with E-state index in [9.17, 15) is 9.90 Å². The number of hydrogen-bond acceptors (Lipinski definition) is 4. The van der Waals surface area contributed by atoms with Crippen LogP contribution in [0.1, 0.15) is 29.0 Å². The summed E-state index contributed by atoms with van der Waals surface area (Å²) >= 11 is 0. The number of carboxylic acid groups (broad SMARTS) is 1. The van der Waals surface area contributed by atoms with E-state index in [1.165, 1.54) is 12.3 Å². The number of nitrogens with two attached hydrogens (primary N) is 1. The van der Waals surface area contributed by atoms with Gasteiger partial charge in [0.1, 0.15) is 5.69 Å². The van der Waals surface area contributed by atoms with Crippen LogP contribution in [0.15, 0.2) is 18.3 Å². The molecule has 1 aromatic heterocycles. The fourth-order valence-corrected chi connectivity index (χ4v) is 1.01. The molecular weight excluding hydrogens is 184 g/mol. The number of hydrogen-bond donors (Lipinski definition) is 3. The van der Waals surface area contributed by atoms with E-state index in [-0.39, 0.29) is 5.69 Å². The summed E-state index contributed by atoms with van der Waals surface area (Å²) in [5.74, 6) is -1.08. The summed E-state index contributed by atoms with van der Waals surface area (Å²) in [6.45, 7) is 1.57. The van der Waals surface area contributed by atoms with Gasteiger partial charge in [-0.05, 0) is 18.6 Å². The topological polar surface area (TPSA) is 96.4 Å². The second kappa shape index (κ2) is 4.17. The van der Waals surface area contributed by atoms with Crippen LogP contribution in [-0.2, 0) is 0 Å². The Morgan fingerprint density at radius 1 is 1.57 bits per heavy atom. The van der Waals surface area contributed by atoms with Crippen molar-refractivity contribution in [2.24, 2.45) is 5.73 Å². The van der Waals surface area contributed by atoms with Gasteiger partial charge in [0, 0.05) is 6.20 Å². The van der Waals surface area contributed by atoms with Crippen molar-refractivity contribution in [2.75, 3.05) is 0 Å². The largest absolute Gasteiger partial charge is 0.477 e. The number of carbonyl (C=O) groups is 1. The third-order valence-electron chi connectivity index (χ3n) is 1.91. The molecule has 1 aromatic rings. The van der Waals surface area contributed by atoms with Crippen molar-refractivity contribution in [1.29, 1.82) is 0 Å². The summed E-state index contributed by atoms with van der Waals surface area (Å²) in [5.41, 5.74) is 6.21. The van der Waals surface area contributed by atoms with Crippen LogP contribution >= 0.6 is 0 Å². The molecule has 5 heteroatoms. The Kier molecular flexibility index (Phi) is 3.16. The number of aromatic carboxylic acids is 1. The Morgan fingerprint density at radius 3 is 2.57 bits per heavy atom. The van der Waals surface area contributed by atoms with Gasteiger partial charge in [-0.2, -0.15) is 0 Å². The van der Waals surface area contributed by atoms with Gasteiger partial charge in [-0.1, -0.05) is 6.07 Å². The third-order valence-corrected chi connectivity index (χ3v) is 1.91. The van der Waals surface area contributed by atoms with Gasteiger partial charge in [0.15, 0.2) is 0 Å². The Labute approximate surface area is 81.2 Å². The molecule has 76 valence electrons. The Hall–Kier alpha value is -1.46. The molecule has 0 saturated carbocycles. The number of aromatic nitrogens is 1. The lowest BCUT2D eigenvalue weighted by atomic mass is 10.1. The van der Waals surface area contributed by atoms with Gasteiger partial charge < -0.3 is 15.9 Å². The first kappa shape index (κ1) is 10.6. The second-order valence-electron chi connectivity index (χ2n) is 3.05. The van der Waals surface area contributed by atoms with Crippen molar-refractivity contribution < 1.29 is 15.0 Å². The first-order valence-electron chi connectivity index (χ1n) is 4.15. The average molecular weight is 196 g/mol. The molecule has 0 aliphatic rings. The van der Waals surface area contributed by atoms with E-state index in [1.807, 2.05) is 0 Å². The van der Waals surface area contributed by atoms with Gasteiger partial charge in [0.2, 0.25) is 0 Å². The first-order chi connectivity index (χ1) is 6.52. The Morgan fingerprint density at radius 2 is 2.21 bits per heavy atom. The number of carboxylic acids is 1. The van der Waals surface area contributed by atoms with Crippen molar-refractivity contribution in [1.82, 2.24) is 4.98 Å². The molecule has 0 bridgehead atoms. The number of aliphatic hydroxyl groups excluding tert-OH is 1. The second-order valence-corrected chi connectivity index (χ2v) is 3.05. The maximum atomic E-state index is 10.5. The lowest BCUT2D eigenvalue weighted by Crippen LogP contribution is -2.23. The van der Waals surface area contributed by atoms with Gasteiger partial charge in [-0.15, -0.1) is 0 Å². The molecule has 1 heterocycles. The van der Waals surface area contributed by atoms with Crippen molar-refractivity contribution in [2.45, 2.75) is 19.1 Å². The molecule has 0 unspecified atom stereocenters. The minimum absolute atomic E-state index is 0.0356. The Bertz CT molecular complexity index is 321. The highest BCUT2D eigenvalue weighted by molar-refractivity contribution is 5.85. The first-order valence-corrected chi connectivity index (χ1v) is 4.15. The van der Waals surface area contributed by atoms with E-state index < -0.39 is 18.1 Å². The molecule has 14 heavy (non-hydrogen) atoms. The standard InChI is InChI=1S/C9H12N2O3/c1-5(12)8(10)6-2-3-7(9(13)14)11-4-6/h2-5,8,12H,10H2,1H3,(H,13,14)/t5-,8-/m0/s1. The Balaban J connectivity index is 2.88. The van der Waals surface area contributed by atoms with Crippen LogP contribution in [0.2, 0.25) is 0 Å². The van der Waals surface area contributed by atoms with Crippen molar-refractivity contribution in [3.63, 3.8) is 0 Å². The van der Waals surface area contributed by atoms with Crippen LogP contribution in [0.3, 0.4) is 0 Å². The molecule has 2 atom stereocenters. The molecule has 5 nitrogen and oxygen atoms in total. The number of pyridine rings is 1. The third kappa shape index (κ3) is 2.27. The van der Waals surface area contributed by atoms with E-state index in [0.29, 0.717) is 5.56 Å². The molecule has 0 amide bonds. The predicted molar refractivity (Wildman–Crippen MR) is 49.8 cm³/mol. The molecule has 0 aromatic carbocycles. The zero-order valence-corrected chi connectivity index (χ0v) is 7.71. The van der Waals surface area contributed by atoms with E-state index in [4.69, 9.17) is 10.8 Å². The maximum absolute atomic E-state index is 10.5. The highest BCUT2D eigenvalue weighted by Crippen LogP contribution is 2.12. The van der Waals surface area contributed by atoms with Crippen LogP contribution in [0.4, 0.5) is 0 Å². The fraction of sp³-hybridized carbons (Fsp3) is 0.333. The van der Waals surface area contributed by atoms with Crippen molar-refractivity contribution in [3.8, 4) is 0 Å². The van der Waals surface area contributed by atoms with Gasteiger partial charge >= 0.3 is 5.97 Å². The van der Waals surface area contributed by atoms with Gasteiger partial charge in [0.05, 0.1) is 12.1 Å². The summed E-state index contributed by atoms with van der Waals surface area (Å²) in [7, 11) is 0. The molecule has 0 saturated heterocycles. The zero-order valence-electron chi connectivity index (χ0n) is 7.71. The average Bonchev–Trinajstić information content (AvgIpc) is 2.16. The minimum Gasteiger partial charge on any atom is -0.477 e. The van der Waals surface area contributed by atoms with E-state index in [0.717, 1.165) is 0 Å². The molecular formula is C9H12N2O3. The van der Waals surface area contributed by atoms with Crippen LogP contribution in [-0.4, -0.2) is 27.3 Å². The molecule has 0 radical (unpaired) electrons. The van der Waals surface area contributed by atoms with Crippen LogP contribution in [0.25, 0.3) is 0 Å². The van der Waals surface area contributed by atoms with E-state index >= 15 is 0 Å². The van der Waals surface area contributed by atoms with Crippen molar-refractivity contribution in [3.05, 3.63) is 29.6 Å². The number of aliphatic hydroxyl groups is 1. The molecule has 0 aliphatic carbocycles. The van der Waals surface area contributed by atoms with Crippen LogP contribution in [0.5, 0.6) is 0 Å². The smallest absolute Gasteiger partial charge is 0.354 e. The SMILES string of the molecule is C[C@H](O)[C@H](N)c1ccc(C(=O)O)nc1. The number of nitrogens with zero attached hydrogens (tertiary/aromatic N) is 1. The number of rotatable bonds is 3. The van der Waals surface area contributed by atoms with Crippen LogP contribution in [0, 0.1) is 0 Å². The monoisotopic (exact) mass is 196 g/mol. The predicted octanol–water partition coefficient (Wildman–Crippen LogP) is 0.160. The highest BCUT2D eigenvalue weighted by Gasteiger charge is 2.13. The fourth-order valence-electron chi connectivity index (χ4n) is 1.01. The lowest BCUT2D eigenvalue weighted by molar-refractivity contribution is 0.0690. The summed E-state index contributed by atoms with van der Waals surface area (Å²) in [6.07, 6.45) is 0.674. The van der Waals surface area contributed by atoms with Gasteiger partial charge in [0.25, 0.3) is 0 Å². The van der Waals surface area contributed by atoms with E-state index in [2.05, 4.69) is 4.98 Å². The van der Waals surface area contributed by atoms with E-state index in [1.54, 1.807) is 13.0 Å². The summed E-state index contributed by atoms with van der Waals surface area (Å²) in [6, 6.07) is 2.37.